The smallest absolute Gasteiger partial charge is 0.160 e. The van der Waals surface area contributed by atoms with Gasteiger partial charge < -0.3 is 4.42 Å². The van der Waals surface area contributed by atoms with Crippen LogP contribution in [0.2, 0.25) is 0 Å². The number of benzene rings is 7. The predicted molar refractivity (Wildman–Crippen MR) is 178 cm³/mol. The second-order valence-electron chi connectivity index (χ2n) is 11.0. The second-order valence-corrected chi connectivity index (χ2v) is 11.0. The van der Waals surface area contributed by atoms with Crippen LogP contribution >= 0.6 is 0 Å². The van der Waals surface area contributed by atoms with Gasteiger partial charge in [-0.15, -0.1) is 0 Å². The first-order valence-electron chi connectivity index (χ1n) is 14.5. The maximum atomic E-state index is 6.12. The minimum absolute atomic E-state index is 0.709. The number of furan rings is 1. The van der Waals surface area contributed by atoms with E-state index in [0.29, 0.717) is 5.82 Å². The lowest BCUT2D eigenvalue weighted by Crippen LogP contribution is -1.96. The molecule has 9 rings (SSSR count). The van der Waals surface area contributed by atoms with Crippen LogP contribution in [-0.2, 0) is 0 Å². The van der Waals surface area contributed by atoms with E-state index in [1.54, 1.807) is 0 Å². The molecule has 0 aliphatic heterocycles. The zero-order valence-corrected chi connectivity index (χ0v) is 23.2. The third-order valence-corrected chi connectivity index (χ3v) is 8.47. The number of rotatable bonds is 3. The van der Waals surface area contributed by atoms with E-state index in [0.717, 1.165) is 60.4 Å². The number of fused-ring (bicyclic) bond motifs is 7. The second kappa shape index (κ2) is 9.37. The monoisotopic (exact) mass is 548 g/mol. The van der Waals surface area contributed by atoms with Crippen LogP contribution in [0, 0.1) is 0 Å². The average molecular weight is 549 g/mol. The van der Waals surface area contributed by atoms with Crippen molar-refractivity contribution in [2.75, 3.05) is 0 Å². The molecule has 3 nitrogen and oxygen atoms in total. The molecule has 0 unspecified atom stereocenters. The van der Waals surface area contributed by atoms with Gasteiger partial charge in [0.2, 0.25) is 0 Å². The van der Waals surface area contributed by atoms with E-state index in [4.69, 9.17) is 14.4 Å². The summed E-state index contributed by atoms with van der Waals surface area (Å²) < 4.78 is 6.12. The van der Waals surface area contributed by atoms with Gasteiger partial charge in [0.1, 0.15) is 11.2 Å². The van der Waals surface area contributed by atoms with Gasteiger partial charge >= 0.3 is 0 Å². The van der Waals surface area contributed by atoms with Gasteiger partial charge in [-0.25, -0.2) is 9.97 Å². The summed E-state index contributed by atoms with van der Waals surface area (Å²) in [5.41, 5.74) is 8.01. The van der Waals surface area contributed by atoms with Crippen LogP contribution in [-0.4, -0.2) is 9.97 Å². The quantitative estimate of drug-likeness (QED) is 0.206. The van der Waals surface area contributed by atoms with Crippen molar-refractivity contribution in [3.8, 4) is 33.8 Å². The van der Waals surface area contributed by atoms with Crippen LogP contribution < -0.4 is 0 Å². The molecule has 0 N–H and O–H groups in total. The molecule has 2 heterocycles. The summed E-state index contributed by atoms with van der Waals surface area (Å²) >= 11 is 0. The summed E-state index contributed by atoms with van der Waals surface area (Å²) in [6, 6.07) is 51.0. The van der Waals surface area contributed by atoms with Crippen LogP contribution in [0.3, 0.4) is 0 Å². The van der Waals surface area contributed by atoms with E-state index in [1.165, 1.54) is 21.9 Å². The molecule has 3 heteroatoms. The molecule has 0 saturated heterocycles. The first kappa shape index (κ1) is 23.9. The molecule has 2 aromatic heterocycles. The Hall–Kier alpha value is -5.80. The molecule has 0 amide bonds. The van der Waals surface area contributed by atoms with Crippen molar-refractivity contribution in [1.82, 2.24) is 9.97 Å². The molecule has 200 valence electrons. The lowest BCUT2D eigenvalue weighted by atomic mass is 9.99. The summed E-state index contributed by atoms with van der Waals surface area (Å²) in [4.78, 5) is 10.4. The Labute approximate surface area is 247 Å². The maximum absolute atomic E-state index is 6.12. The Balaban J connectivity index is 1.23. The molecular formula is C40H24N2O. The zero-order valence-electron chi connectivity index (χ0n) is 23.2. The van der Waals surface area contributed by atoms with Crippen molar-refractivity contribution in [3.63, 3.8) is 0 Å². The van der Waals surface area contributed by atoms with Crippen LogP contribution in [0.4, 0.5) is 0 Å². The normalized spacial score (nSPS) is 11.7. The third-order valence-electron chi connectivity index (χ3n) is 8.47. The number of nitrogens with zero attached hydrogens (tertiary/aromatic N) is 2. The van der Waals surface area contributed by atoms with Gasteiger partial charge in [-0.2, -0.15) is 0 Å². The molecule has 0 atom stereocenters. The maximum Gasteiger partial charge on any atom is 0.160 e. The lowest BCUT2D eigenvalue weighted by Gasteiger charge is -2.12. The molecule has 7 aromatic carbocycles. The van der Waals surface area contributed by atoms with Crippen LogP contribution in [0.1, 0.15) is 0 Å². The SMILES string of the molecule is c1ccc2cc(-c3ccc(-c4nc(-c5ccc6oc7ccccc7c6c5)c5ccc6ccccc6c5n4)cc3)ccc2c1. The Morgan fingerprint density at radius 1 is 0.372 bits per heavy atom. The van der Waals surface area contributed by atoms with Gasteiger partial charge in [-0.1, -0.05) is 109 Å². The summed E-state index contributed by atoms with van der Waals surface area (Å²) in [7, 11) is 0. The van der Waals surface area contributed by atoms with Crippen molar-refractivity contribution < 1.29 is 4.42 Å². The molecule has 0 saturated carbocycles. The highest BCUT2D eigenvalue weighted by Gasteiger charge is 2.16. The fourth-order valence-corrected chi connectivity index (χ4v) is 6.27. The minimum Gasteiger partial charge on any atom is -0.456 e. The van der Waals surface area contributed by atoms with E-state index in [9.17, 15) is 0 Å². The van der Waals surface area contributed by atoms with Gasteiger partial charge in [0.05, 0.1) is 11.2 Å². The number of hydrogen-bond acceptors (Lipinski definition) is 3. The summed E-state index contributed by atoms with van der Waals surface area (Å²) in [5.74, 6) is 0.709. The summed E-state index contributed by atoms with van der Waals surface area (Å²) in [5, 5.41) is 7.98. The highest BCUT2D eigenvalue weighted by atomic mass is 16.3. The molecule has 0 radical (unpaired) electrons. The van der Waals surface area contributed by atoms with Gasteiger partial charge in [0.25, 0.3) is 0 Å². The summed E-state index contributed by atoms with van der Waals surface area (Å²) in [6.07, 6.45) is 0. The van der Waals surface area contributed by atoms with Crippen molar-refractivity contribution >= 4 is 54.4 Å². The van der Waals surface area contributed by atoms with Gasteiger partial charge in [-0.05, 0) is 63.7 Å². The van der Waals surface area contributed by atoms with E-state index in [2.05, 4.69) is 133 Å². The molecule has 0 spiro atoms. The van der Waals surface area contributed by atoms with Gasteiger partial charge in [0, 0.05) is 32.7 Å². The number of hydrogen-bond donors (Lipinski definition) is 0. The Morgan fingerprint density at radius 3 is 1.91 bits per heavy atom. The van der Waals surface area contributed by atoms with Gasteiger partial charge in [0.15, 0.2) is 5.82 Å². The van der Waals surface area contributed by atoms with E-state index in [-0.39, 0.29) is 0 Å². The average Bonchev–Trinajstić information content (AvgIpc) is 3.45. The fourth-order valence-electron chi connectivity index (χ4n) is 6.27. The molecule has 43 heavy (non-hydrogen) atoms. The minimum atomic E-state index is 0.709. The lowest BCUT2D eigenvalue weighted by molar-refractivity contribution is 0.669. The fraction of sp³-hybridized carbons (Fsp3) is 0. The molecule has 9 aromatic rings. The molecule has 0 fully saturated rings. The highest BCUT2D eigenvalue weighted by molar-refractivity contribution is 6.11. The van der Waals surface area contributed by atoms with E-state index < -0.39 is 0 Å². The number of para-hydroxylation sites is 1. The number of aromatic nitrogens is 2. The Morgan fingerprint density at radius 2 is 1.02 bits per heavy atom. The molecular weight excluding hydrogens is 524 g/mol. The standard InChI is InChI=1S/C40H24N2O/c1-2-9-29-23-30(18-15-25(29)7-1)26-13-16-28(17-14-26)40-41-38(34-21-19-27-8-3-4-10-32(27)39(34)42-40)31-20-22-37-35(24-31)33-11-5-6-12-36(33)43-37/h1-24H. The van der Waals surface area contributed by atoms with Crippen molar-refractivity contribution in [3.05, 3.63) is 146 Å². The molecule has 0 aliphatic carbocycles. The zero-order chi connectivity index (χ0) is 28.3. The Kier molecular flexibility index (Phi) is 5.20. The summed E-state index contributed by atoms with van der Waals surface area (Å²) in [6.45, 7) is 0. The highest BCUT2D eigenvalue weighted by Crippen LogP contribution is 2.37. The van der Waals surface area contributed by atoms with Crippen molar-refractivity contribution in [1.29, 1.82) is 0 Å². The predicted octanol–water partition coefficient (Wildman–Crippen LogP) is 10.8. The van der Waals surface area contributed by atoms with Crippen LogP contribution in [0.25, 0.3) is 88.2 Å². The molecule has 0 bridgehead atoms. The van der Waals surface area contributed by atoms with E-state index in [1.807, 2.05) is 12.1 Å². The largest absolute Gasteiger partial charge is 0.456 e. The van der Waals surface area contributed by atoms with Crippen LogP contribution in [0.5, 0.6) is 0 Å². The van der Waals surface area contributed by atoms with E-state index >= 15 is 0 Å². The first-order chi connectivity index (χ1) is 21.3. The third kappa shape index (κ3) is 3.90. The van der Waals surface area contributed by atoms with Crippen LogP contribution in [0.15, 0.2) is 150 Å². The van der Waals surface area contributed by atoms with Crippen molar-refractivity contribution in [2.45, 2.75) is 0 Å². The Bertz CT molecular complexity index is 2510. The first-order valence-corrected chi connectivity index (χ1v) is 14.5. The molecule has 0 aliphatic rings. The van der Waals surface area contributed by atoms with Crippen molar-refractivity contribution in [2.24, 2.45) is 0 Å². The topological polar surface area (TPSA) is 38.9 Å². The van der Waals surface area contributed by atoms with Gasteiger partial charge in [-0.3, -0.25) is 0 Å².